The first kappa shape index (κ1) is 11.4. The zero-order chi connectivity index (χ0) is 11.3. The van der Waals surface area contributed by atoms with Crippen LogP contribution in [0, 0.1) is 5.41 Å². The summed E-state index contributed by atoms with van der Waals surface area (Å²) in [6.07, 6.45) is 4.59. The molecule has 88 valence electrons. The van der Waals surface area contributed by atoms with E-state index in [4.69, 9.17) is 10.5 Å². The summed E-state index contributed by atoms with van der Waals surface area (Å²) in [5, 5.41) is 10.6. The molecule has 0 spiro atoms. The van der Waals surface area contributed by atoms with E-state index < -0.39 is 11.1 Å². The standard InChI is InChI=1S/C12H23NO2/c1-10(2)4-5-12(14,8-10)11(13)6-9(7-11)15-3/h9,14H,4-8,13H2,1-3H3. The minimum Gasteiger partial charge on any atom is -0.388 e. The molecule has 2 fully saturated rings. The molecule has 0 aliphatic heterocycles. The van der Waals surface area contributed by atoms with E-state index in [9.17, 15) is 5.11 Å². The molecule has 0 aromatic rings. The van der Waals surface area contributed by atoms with Crippen LogP contribution in [0.3, 0.4) is 0 Å². The summed E-state index contributed by atoms with van der Waals surface area (Å²) < 4.78 is 5.25. The van der Waals surface area contributed by atoms with Gasteiger partial charge in [-0.1, -0.05) is 13.8 Å². The topological polar surface area (TPSA) is 55.5 Å². The Morgan fingerprint density at radius 1 is 1.27 bits per heavy atom. The molecule has 0 heterocycles. The highest BCUT2D eigenvalue weighted by atomic mass is 16.5. The van der Waals surface area contributed by atoms with Gasteiger partial charge in [0.1, 0.15) is 0 Å². The molecule has 0 aromatic carbocycles. The molecule has 2 aliphatic carbocycles. The minimum absolute atomic E-state index is 0.235. The Hall–Kier alpha value is -0.120. The molecule has 0 saturated heterocycles. The quantitative estimate of drug-likeness (QED) is 0.729. The zero-order valence-corrected chi connectivity index (χ0v) is 10.0. The lowest BCUT2D eigenvalue weighted by atomic mass is 9.63. The summed E-state index contributed by atoms with van der Waals surface area (Å²) in [4.78, 5) is 0. The maximum Gasteiger partial charge on any atom is 0.0833 e. The second-order valence-corrected chi connectivity index (χ2v) is 6.29. The Morgan fingerprint density at radius 3 is 2.27 bits per heavy atom. The van der Waals surface area contributed by atoms with Crippen LogP contribution in [0.25, 0.3) is 0 Å². The molecule has 0 aromatic heterocycles. The van der Waals surface area contributed by atoms with E-state index in [-0.39, 0.29) is 11.5 Å². The number of aliphatic hydroxyl groups is 1. The molecule has 15 heavy (non-hydrogen) atoms. The normalized spacial score (nSPS) is 49.0. The van der Waals surface area contributed by atoms with Crippen molar-refractivity contribution in [2.24, 2.45) is 11.1 Å². The maximum absolute atomic E-state index is 10.6. The van der Waals surface area contributed by atoms with Crippen molar-refractivity contribution in [3.63, 3.8) is 0 Å². The predicted molar refractivity (Wildman–Crippen MR) is 59.5 cm³/mol. The van der Waals surface area contributed by atoms with Gasteiger partial charge in [-0.15, -0.1) is 0 Å². The van der Waals surface area contributed by atoms with Gasteiger partial charge in [-0.05, 0) is 37.5 Å². The smallest absolute Gasteiger partial charge is 0.0833 e. The van der Waals surface area contributed by atoms with Crippen molar-refractivity contribution in [3.8, 4) is 0 Å². The van der Waals surface area contributed by atoms with Crippen molar-refractivity contribution in [1.29, 1.82) is 0 Å². The molecular weight excluding hydrogens is 190 g/mol. The van der Waals surface area contributed by atoms with Crippen molar-refractivity contribution in [2.75, 3.05) is 7.11 Å². The van der Waals surface area contributed by atoms with E-state index in [1.165, 1.54) is 0 Å². The number of rotatable bonds is 2. The molecule has 3 nitrogen and oxygen atoms in total. The summed E-state index contributed by atoms with van der Waals surface area (Å²) in [6.45, 7) is 4.42. The van der Waals surface area contributed by atoms with E-state index >= 15 is 0 Å². The van der Waals surface area contributed by atoms with Gasteiger partial charge in [0, 0.05) is 12.6 Å². The molecule has 2 rings (SSSR count). The molecule has 1 atom stereocenters. The fourth-order valence-corrected chi connectivity index (χ4v) is 3.24. The summed E-state index contributed by atoms with van der Waals surface area (Å²) in [7, 11) is 1.72. The van der Waals surface area contributed by atoms with Gasteiger partial charge < -0.3 is 15.6 Å². The van der Waals surface area contributed by atoms with Gasteiger partial charge in [0.15, 0.2) is 0 Å². The lowest BCUT2D eigenvalue weighted by Gasteiger charge is -2.53. The van der Waals surface area contributed by atoms with Crippen LogP contribution >= 0.6 is 0 Å². The molecular formula is C12H23NO2. The van der Waals surface area contributed by atoms with Gasteiger partial charge in [0.05, 0.1) is 11.7 Å². The number of hydrogen-bond donors (Lipinski definition) is 2. The van der Waals surface area contributed by atoms with E-state index in [2.05, 4.69) is 13.8 Å². The average Bonchev–Trinajstić information content (AvgIpc) is 2.36. The predicted octanol–water partition coefficient (Wildman–Crippen LogP) is 1.43. The van der Waals surface area contributed by atoms with Gasteiger partial charge >= 0.3 is 0 Å². The van der Waals surface area contributed by atoms with Crippen LogP contribution in [0.5, 0.6) is 0 Å². The third-order valence-corrected chi connectivity index (χ3v) is 4.43. The van der Waals surface area contributed by atoms with Gasteiger partial charge in [0.2, 0.25) is 0 Å². The Balaban J connectivity index is 2.05. The SMILES string of the molecule is COC1CC(N)(C2(O)CCC(C)(C)C2)C1. The van der Waals surface area contributed by atoms with Crippen LogP contribution in [0.4, 0.5) is 0 Å². The first-order valence-electron chi connectivity index (χ1n) is 5.84. The van der Waals surface area contributed by atoms with E-state index in [0.717, 1.165) is 32.1 Å². The summed E-state index contributed by atoms with van der Waals surface area (Å²) in [6, 6.07) is 0. The van der Waals surface area contributed by atoms with Crippen molar-refractivity contribution < 1.29 is 9.84 Å². The van der Waals surface area contributed by atoms with Crippen LogP contribution < -0.4 is 5.73 Å². The third kappa shape index (κ3) is 1.71. The summed E-state index contributed by atoms with van der Waals surface area (Å²) >= 11 is 0. The molecule has 0 amide bonds. The third-order valence-electron chi connectivity index (χ3n) is 4.43. The lowest BCUT2D eigenvalue weighted by molar-refractivity contribution is -0.126. The number of ether oxygens (including phenoxy) is 1. The van der Waals surface area contributed by atoms with Crippen LogP contribution in [0.2, 0.25) is 0 Å². The van der Waals surface area contributed by atoms with Crippen molar-refractivity contribution in [1.82, 2.24) is 0 Å². The van der Waals surface area contributed by atoms with Gasteiger partial charge in [-0.3, -0.25) is 0 Å². The fraction of sp³-hybridized carbons (Fsp3) is 1.00. The molecule has 3 heteroatoms. The first-order chi connectivity index (χ1) is 6.80. The monoisotopic (exact) mass is 213 g/mol. The van der Waals surface area contributed by atoms with E-state index in [1.54, 1.807) is 7.11 Å². The molecule has 3 N–H and O–H groups in total. The molecule has 2 saturated carbocycles. The number of nitrogens with two attached hydrogens (primary N) is 1. The first-order valence-corrected chi connectivity index (χ1v) is 5.84. The van der Waals surface area contributed by atoms with Crippen molar-refractivity contribution in [2.45, 2.75) is 63.2 Å². The van der Waals surface area contributed by atoms with E-state index in [1.807, 2.05) is 0 Å². The average molecular weight is 213 g/mol. The highest BCUT2D eigenvalue weighted by Gasteiger charge is 2.59. The summed E-state index contributed by atoms with van der Waals surface area (Å²) in [5.41, 5.74) is 5.47. The highest BCUT2D eigenvalue weighted by Crippen LogP contribution is 2.53. The Bertz CT molecular complexity index is 258. The number of methoxy groups -OCH3 is 1. The van der Waals surface area contributed by atoms with Gasteiger partial charge in [-0.2, -0.15) is 0 Å². The van der Waals surface area contributed by atoms with Crippen LogP contribution in [0.1, 0.15) is 46.0 Å². The Morgan fingerprint density at radius 2 is 1.87 bits per heavy atom. The second kappa shape index (κ2) is 3.19. The maximum atomic E-state index is 10.6. The van der Waals surface area contributed by atoms with Crippen LogP contribution in [0.15, 0.2) is 0 Å². The summed E-state index contributed by atoms with van der Waals surface area (Å²) in [5.74, 6) is 0. The lowest BCUT2D eigenvalue weighted by Crippen LogP contribution is -2.68. The molecule has 1 unspecified atom stereocenters. The molecule has 0 bridgehead atoms. The molecule has 2 aliphatic rings. The molecule has 0 radical (unpaired) electrons. The second-order valence-electron chi connectivity index (χ2n) is 6.29. The minimum atomic E-state index is -0.661. The Kier molecular flexibility index (Phi) is 2.42. The van der Waals surface area contributed by atoms with Crippen molar-refractivity contribution >= 4 is 0 Å². The zero-order valence-electron chi connectivity index (χ0n) is 10.0. The Labute approximate surface area is 92.0 Å². The van der Waals surface area contributed by atoms with E-state index in [0.29, 0.717) is 0 Å². The van der Waals surface area contributed by atoms with Crippen molar-refractivity contribution in [3.05, 3.63) is 0 Å². The number of hydrogen-bond acceptors (Lipinski definition) is 3. The largest absolute Gasteiger partial charge is 0.388 e. The van der Waals surface area contributed by atoms with Gasteiger partial charge in [-0.25, -0.2) is 0 Å². The van der Waals surface area contributed by atoms with Crippen LogP contribution in [-0.4, -0.2) is 29.5 Å². The van der Waals surface area contributed by atoms with Crippen LogP contribution in [-0.2, 0) is 4.74 Å². The highest BCUT2D eigenvalue weighted by molar-refractivity contribution is 5.16. The fourth-order valence-electron chi connectivity index (χ4n) is 3.24. The van der Waals surface area contributed by atoms with Gasteiger partial charge in [0.25, 0.3) is 0 Å².